The van der Waals surface area contributed by atoms with Crippen molar-refractivity contribution in [1.82, 2.24) is 15.1 Å². The molecule has 0 spiro atoms. The Kier molecular flexibility index (Phi) is 5.19. The molecule has 0 aliphatic heterocycles. The zero-order chi connectivity index (χ0) is 13.8. The molecule has 0 amide bonds. The van der Waals surface area contributed by atoms with Gasteiger partial charge in [-0.25, -0.2) is 0 Å². The molecule has 3 nitrogen and oxygen atoms in total. The van der Waals surface area contributed by atoms with Crippen molar-refractivity contribution in [1.29, 1.82) is 0 Å². The maximum absolute atomic E-state index is 4.40. The smallest absolute Gasteiger partial charge is 0.0757 e. The van der Waals surface area contributed by atoms with Gasteiger partial charge in [-0.15, -0.1) is 0 Å². The van der Waals surface area contributed by atoms with E-state index in [1.165, 1.54) is 11.3 Å². The number of aromatic nitrogens is 2. The first-order valence-corrected chi connectivity index (χ1v) is 7.90. The average molecular weight is 387 g/mol. The molecule has 2 aromatic rings. The molecule has 1 aromatic heterocycles. The van der Waals surface area contributed by atoms with E-state index in [-0.39, 0.29) is 6.04 Å². The number of halogens is 2. The number of benzene rings is 1. The molecular formula is C14H17Br2N3. The van der Waals surface area contributed by atoms with Crippen LogP contribution in [-0.2, 0) is 6.54 Å². The normalized spacial score (nSPS) is 12.6. The predicted octanol–water partition coefficient (Wildman–Crippen LogP) is 4.13. The summed E-state index contributed by atoms with van der Waals surface area (Å²) in [5.41, 5.74) is 2.39. The topological polar surface area (TPSA) is 29.9 Å². The monoisotopic (exact) mass is 385 g/mol. The van der Waals surface area contributed by atoms with Crippen LogP contribution in [0.3, 0.4) is 0 Å². The Morgan fingerprint density at radius 1 is 1.32 bits per heavy atom. The second-order valence-electron chi connectivity index (χ2n) is 4.37. The van der Waals surface area contributed by atoms with Crippen LogP contribution in [0.5, 0.6) is 0 Å². The molecule has 19 heavy (non-hydrogen) atoms. The molecule has 0 saturated carbocycles. The SMILES string of the molecule is CCCn1nccc1C(NC)c1cc(Br)ccc1Br. The van der Waals surface area contributed by atoms with Crippen molar-refractivity contribution in [3.63, 3.8) is 0 Å². The summed E-state index contributed by atoms with van der Waals surface area (Å²) in [6.45, 7) is 3.10. The van der Waals surface area contributed by atoms with E-state index in [0.717, 1.165) is 21.9 Å². The lowest BCUT2D eigenvalue weighted by Gasteiger charge is -2.20. The minimum Gasteiger partial charge on any atom is -0.308 e. The number of nitrogens with one attached hydrogen (secondary N) is 1. The number of aryl methyl sites for hydroxylation is 1. The molecule has 1 aromatic carbocycles. The lowest BCUT2D eigenvalue weighted by molar-refractivity contribution is 0.534. The number of hydrogen-bond donors (Lipinski definition) is 1. The van der Waals surface area contributed by atoms with Crippen molar-refractivity contribution in [3.8, 4) is 0 Å². The fourth-order valence-corrected chi connectivity index (χ4v) is 3.04. The van der Waals surface area contributed by atoms with Gasteiger partial charge < -0.3 is 5.32 Å². The van der Waals surface area contributed by atoms with E-state index >= 15 is 0 Å². The minimum atomic E-state index is 0.126. The molecule has 2 rings (SSSR count). The molecule has 5 heteroatoms. The minimum absolute atomic E-state index is 0.126. The molecule has 0 aliphatic rings. The van der Waals surface area contributed by atoms with E-state index < -0.39 is 0 Å². The van der Waals surface area contributed by atoms with Crippen LogP contribution in [0.1, 0.15) is 30.6 Å². The Bertz CT molecular complexity index is 551. The largest absolute Gasteiger partial charge is 0.308 e. The summed E-state index contributed by atoms with van der Waals surface area (Å²) < 4.78 is 4.24. The van der Waals surface area contributed by atoms with Gasteiger partial charge in [0, 0.05) is 21.7 Å². The highest BCUT2D eigenvalue weighted by atomic mass is 79.9. The van der Waals surface area contributed by atoms with Crippen molar-refractivity contribution < 1.29 is 0 Å². The van der Waals surface area contributed by atoms with Crippen LogP contribution in [0.2, 0.25) is 0 Å². The first-order chi connectivity index (χ1) is 9.17. The fourth-order valence-electron chi connectivity index (χ4n) is 2.19. The first kappa shape index (κ1) is 14.8. The fraction of sp³-hybridized carbons (Fsp3) is 0.357. The van der Waals surface area contributed by atoms with Gasteiger partial charge in [-0.1, -0.05) is 38.8 Å². The Labute approximate surface area is 130 Å². The highest BCUT2D eigenvalue weighted by molar-refractivity contribution is 9.11. The molecule has 102 valence electrons. The van der Waals surface area contributed by atoms with Gasteiger partial charge in [-0.2, -0.15) is 5.10 Å². The van der Waals surface area contributed by atoms with Crippen molar-refractivity contribution in [3.05, 3.63) is 50.7 Å². The first-order valence-electron chi connectivity index (χ1n) is 6.31. The Balaban J connectivity index is 2.44. The maximum Gasteiger partial charge on any atom is 0.0757 e. The molecule has 0 aliphatic carbocycles. The van der Waals surface area contributed by atoms with E-state index in [9.17, 15) is 0 Å². The van der Waals surface area contributed by atoms with Crippen LogP contribution < -0.4 is 5.32 Å². The molecule has 0 saturated heterocycles. The lowest BCUT2D eigenvalue weighted by atomic mass is 10.0. The average Bonchev–Trinajstić information content (AvgIpc) is 2.83. The Hall–Kier alpha value is -0.650. The highest BCUT2D eigenvalue weighted by Crippen LogP contribution is 2.30. The second kappa shape index (κ2) is 6.68. The van der Waals surface area contributed by atoms with Crippen LogP contribution in [0.25, 0.3) is 0 Å². The molecule has 1 heterocycles. The van der Waals surface area contributed by atoms with Gasteiger partial charge in [0.05, 0.1) is 11.7 Å². The van der Waals surface area contributed by atoms with Crippen molar-refractivity contribution in [2.45, 2.75) is 25.9 Å². The van der Waals surface area contributed by atoms with Gasteiger partial charge in [-0.3, -0.25) is 4.68 Å². The summed E-state index contributed by atoms with van der Waals surface area (Å²) in [5, 5.41) is 7.78. The second-order valence-corrected chi connectivity index (χ2v) is 6.14. The van der Waals surface area contributed by atoms with E-state index in [1.807, 2.05) is 19.3 Å². The maximum atomic E-state index is 4.40. The third kappa shape index (κ3) is 3.27. The summed E-state index contributed by atoms with van der Waals surface area (Å²) >= 11 is 7.17. The van der Waals surface area contributed by atoms with Gasteiger partial charge in [0.1, 0.15) is 0 Å². The number of nitrogens with zero attached hydrogens (tertiary/aromatic N) is 2. The predicted molar refractivity (Wildman–Crippen MR) is 85.3 cm³/mol. The molecular weight excluding hydrogens is 370 g/mol. The summed E-state index contributed by atoms with van der Waals surface area (Å²) in [6, 6.07) is 8.42. The van der Waals surface area contributed by atoms with Crippen LogP contribution in [0.4, 0.5) is 0 Å². The zero-order valence-electron chi connectivity index (χ0n) is 11.0. The third-order valence-electron chi connectivity index (χ3n) is 3.04. The number of hydrogen-bond acceptors (Lipinski definition) is 2. The van der Waals surface area contributed by atoms with Gasteiger partial charge in [-0.05, 0) is 43.3 Å². The van der Waals surface area contributed by atoms with Gasteiger partial charge in [0.15, 0.2) is 0 Å². The summed E-state index contributed by atoms with van der Waals surface area (Å²) in [7, 11) is 1.97. The van der Waals surface area contributed by atoms with Gasteiger partial charge >= 0.3 is 0 Å². The van der Waals surface area contributed by atoms with Crippen molar-refractivity contribution in [2.75, 3.05) is 7.05 Å². The Morgan fingerprint density at radius 2 is 2.11 bits per heavy atom. The molecule has 0 fully saturated rings. The van der Waals surface area contributed by atoms with Crippen molar-refractivity contribution in [2.24, 2.45) is 0 Å². The quantitative estimate of drug-likeness (QED) is 0.837. The van der Waals surface area contributed by atoms with Crippen LogP contribution >= 0.6 is 31.9 Å². The standard InChI is InChI=1S/C14H17Br2N3/c1-3-8-19-13(6-7-18-19)14(17-2)11-9-10(15)4-5-12(11)16/h4-7,9,14,17H,3,8H2,1-2H3. The van der Waals surface area contributed by atoms with Crippen LogP contribution in [0.15, 0.2) is 39.4 Å². The van der Waals surface area contributed by atoms with Crippen molar-refractivity contribution >= 4 is 31.9 Å². The van der Waals surface area contributed by atoms with Crippen LogP contribution in [0, 0.1) is 0 Å². The zero-order valence-corrected chi connectivity index (χ0v) is 14.2. The third-order valence-corrected chi connectivity index (χ3v) is 4.25. The molecule has 1 N–H and O–H groups in total. The number of rotatable bonds is 5. The highest BCUT2D eigenvalue weighted by Gasteiger charge is 2.19. The summed E-state index contributed by atoms with van der Waals surface area (Å²) in [6.07, 6.45) is 2.94. The summed E-state index contributed by atoms with van der Waals surface area (Å²) in [4.78, 5) is 0. The molecule has 1 unspecified atom stereocenters. The lowest BCUT2D eigenvalue weighted by Crippen LogP contribution is -2.22. The van der Waals surface area contributed by atoms with Gasteiger partial charge in [0.25, 0.3) is 0 Å². The van der Waals surface area contributed by atoms with Crippen LogP contribution in [-0.4, -0.2) is 16.8 Å². The van der Waals surface area contributed by atoms with E-state index in [2.05, 4.69) is 72.1 Å². The van der Waals surface area contributed by atoms with E-state index in [4.69, 9.17) is 0 Å². The van der Waals surface area contributed by atoms with E-state index in [1.54, 1.807) is 0 Å². The Morgan fingerprint density at radius 3 is 2.79 bits per heavy atom. The summed E-state index contributed by atoms with van der Waals surface area (Å²) in [5.74, 6) is 0. The molecule has 0 bridgehead atoms. The molecule has 1 atom stereocenters. The molecule has 0 radical (unpaired) electrons. The van der Waals surface area contributed by atoms with E-state index in [0.29, 0.717) is 0 Å². The van der Waals surface area contributed by atoms with Gasteiger partial charge in [0.2, 0.25) is 0 Å².